The van der Waals surface area contributed by atoms with Crippen LogP contribution in [0.4, 0.5) is 0 Å². The molecule has 4 rings (SSSR count). The number of fused-ring (bicyclic) bond motifs is 1. The van der Waals surface area contributed by atoms with E-state index < -0.39 is 0 Å². The number of nitrogens with one attached hydrogen (secondary N) is 1. The summed E-state index contributed by atoms with van der Waals surface area (Å²) in [4.78, 5) is 18.6. The van der Waals surface area contributed by atoms with Crippen LogP contribution in [-0.4, -0.2) is 39.6 Å². The Kier molecular flexibility index (Phi) is 3.67. The predicted octanol–water partition coefficient (Wildman–Crippen LogP) is 2.04. The van der Waals surface area contributed by atoms with E-state index in [9.17, 15) is 4.79 Å². The molecule has 1 N–H and O–H groups in total. The van der Waals surface area contributed by atoms with Crippen LogP contribution in [0.2, 0.25) is 0 Å². The monoisotopic (exact) mass is 318 g/mol. The van der Waals surface area contributed by atoms with Gasteiger partial charge >= 0.3 is 0 Å². The summed E-state index contributed by atoms with van der Waals surface area (Å²) in [6.07, 6.45) is 4.61. The lowest BCUT2D eigenvalue weighted by atomic mass is 9.87. The molecule has 1 aliphatic carbocycles. The molecule has 1 amide bonds. The first kappa shape index (κ1) is 13.9. The molecule has 0 bridgehead atoms. The largest absolute Gasteiger partial charge is 0.351 e. The number of aromatic nitrogens is 2. The molecule has 1 saturated carbocycles. The molecule has 2 aromatic heterocycles. The first-order valence-corrected chi connectivity index (χ1v) is 8.62. The Morgan fingerprint density at radius 1 is 1.41 bits per heavy atom. The van der Waals surface area contributed by atoms with Crippen molar-refractivity contribution < 1.29 is 9.32 Å². The third-order valence-corrected chi connectivity index (χ3v) is 5.16. The van der Waals surface area contributed by atoms with Gasteiger partial charge in [-0.2, -0.15) is 16.3 Å². The second-order valence-electron chi connectivity index (χ2n) is 5.96. The highest BCUT2D eigenvalue weighted by atomic mass is 32.1. The van der Waals surface area contributed by atoms with Crippen LogP contribution in [0.25, 0.3) is 11.5 Å². The van der Waals surface area contributed by atoms with E-state index in [2.05, 4.69) is 20.4 Å². The second kappa shape index (κ2) is 5.81. The van der Waals surface area contributed by atoms with E-state index in [-0.39, 0.29) is 11.9 Å². The Hall–Kier alpha value is -1.73. The molecule has 0 unspecified atom stereocenters. The van der Waals surface area contributed by atoms with Crippen LogP contribution in [0, 0.1) is 0 Å². The SMILES string of the molecule is O=C1CN(Cc2noc(-c3ccsc3)n2)[C@H]2CCCC[C@H]2N1. The summed E-state index contributed by atoms with van der Waals surface area (Å²) in [6.45, 7) is 0.992. The standard InChI is InChI=1S/C15H18N4O2S/c20-14-8-19(12-4-2-1-3-11(12)16-14)7-13-17-15(21-18-13)10-5-6-22-9-10/h5-6,9,11-12H,1-4,7-8H2,(H,16,20)/t11-,12+/m1/s1. The molecule has 0 aromatic carbocycles. The van der Waals surface area contributed by atoms with E-state index in [1.807, 2.05) is 16.8 Å². The van der Waals surface area contributed by atoms with Crippen molar-refractivity contribution in [1.82, 2.24) is 20.4 Å². The third kappa shape index (κ3) is 2.66. The highest BCUT2D eigenvalue weighted by Gasteiger charge is 2.36. The first-order chi connectivity index (χ1) is 10.8. The van der Waals surface area contributed by atoms with Crippen molar-refractivity contribution in [2.24, 2.45) is 0 Å². The minimum Gasteiger partial charge on any atom is -0.351 e. The minimum atomic E-state index is 0.102. The molecule has 116 valence electrons. The average Bonchev–Trinajstić information content (AvgIpc) is 3.17. The number of thiophene rings is 1. The molecule has 2 aliphatic rings. The van der Waals surface area contributed by atoms with Crippen molar-refractivity contribution in [3.8, 4) is 11.5 Å². The van der Waals surface area contributed by atoms with Crippen LogP contribution in [0.5, 0.6) is 0 Å². The lowest BCUT2D eigenvalue weighted by Gasteiger charge is -2.43. The van der Waals surface area contributed by atoms with Crippen LogP contribution in [0.3, 0.4) is 0 Å². The average molecular weight is 318 g/mol. The highest BCUT2D eigenvalue weighted by molar-refractivity contribution is 7.08. The van der Waals surface area contributed by atoms with Gasteiger partial charge in [-0.25, -0.2) is 0 Å². The topological polar surface area (TPSA) is 71.3 Å². The van der Waals surface area contributed by atoms with Crippen molar-refractivity contribution in [1.29, 1.82) is 0 Å². The number of carbonyl (C=O) groups is 1. The van der Waals surface area contributed by atoms with Gasteiger partial charge < -0.3 is 9.84 Å². The molecular formula is C15H18N4O2S. The second-order valence-corrected chi connectivity index (χ2v) is 6.74. The van der Waals surface area contributed by atoms with Gasteiger partial charge in [0.1, 0.15) is 0 Å². The van der Waals surface area contributed by atoms with Crippen LogP contribution in [0.15, 0.2) is 21.3 Å². The van der Waals surface area contributed by atoms with Crippen LogP contribution in [0.1, 0.15) is 31.5 Å². The molecule has 2 fully saturated rings. The maximum absolute atomic E-state index is 11.9. The van der Waals surface area contributed by atoms with E-state index in [1.165, 1.54) is 12.8 Å². The molecule has 6 nitrogen and oxygen atoms in total. The van der Waals surface area contributed by atoms with Gasteiger partial charge in [0.15, 0.2) is 5.82 Å². The maximum atomic E-state index is 11.9. The number of piperazine rings is 1. The first-order valence-electron chi connectivity index (χ1n) is 7.68. The Bertz CT molecular complexity index is 654. The molecule has 2 atom stereocenters. The quantitative estimate of drug-likeness (QED) is 0.938. The number of carbonyl (C=O) groups excluding carboxylic acids is 1. The fourth-order valence-corrected chi connectivity index (χ4v) is 4.08. The molecule has 0 spiro atoms. The normalized spacial score (nSPS) is 25.7. The van der Waals surface area contributed by atoms with Gasteiger partial charge in [0.2, 0.25) is 5.91 Å². The highest BCUT2D eigenvalue weighted by Crippen LogP contribution is 2.27. The van der Waals surface area contributed by atoms with E-state index in [0.717, 1.165) is 18.4 Å². The Balaban J connectivity index is 1.51. The van der Waals surface area contributed by atoms with Crippen LogP contribution >= 0.6 is 11.3 Å². The van der Waals surface area contributed by atoms with Crippen molar-refractivity contribution in [3.63, 3.8) is 0 Å². The lowest BCUT2D eigenvalue weighted by molar-refractivity contribution is -0.128. The maximum Gasteiger partial charge on any atom is 0.258 e. The number of amides is 1. The summed E-state index contributed by atoms with van der Waals surface area (Å²) in [5.41, 5.74) is 0.954. The number of rotatable bonds is 3. The van der Waals surface area contributed by atoms with Crippen molar-refractivity contribution in [2.45, 2.75) is 44.3 Å². The summed E-state index contributed by atoms with van der Waals surface area (Å²) in [5.74, 6) is 1.31. The van der Waals surface area contributed by atoms with Gasteiger partial charge in [0.25, 0.3) is 5.89 Å². The van der Waals surface area contributed by atoms with Crippen LogP contribution in [-0.2, 0) is 11.3 Å². The fourth-order valence-electron chi connectivity index (χ4n) is 3.45. The molecule has 1 aliphatic heterocycles. The van der Waals surface area contributed by atoms with Gasteiger partial charge in [0.05, 0.1) is 18.7 Å². The summed E-state index contributed by atoms with van der Waals surface area (Å²) in [6, 6.07) is 2.64. The zero-order valence-corrected chi connectivity index (χ0v) is 13.0. The summed E-state index contributed by atoms with van der Waals surface area (Å²) < 4.78 is 5.33. The molecule has 1 saturated heterocycles. The van der Waals surface area contributed by atoms with E-state index in [1.54, 1.807) is 11.3 Å². The molecule has 22 heavy (non-hydrogen) atoms. The van der Waals surface area contributed by atoms with Gasteiger partial charge in [-0.15, -0.1) is 0 Å². The molecule has 7 heteroatoms. The zero-order valence-electron chi connectivity index (χ0n) is 12.2. The number of nitrogens with zero attached hydrogens (tertiary/aromatic N) is 3. The Morgan fingerprint density at radius 3 is 3.18 bits per heavy atom. The van der Waals surface area contributed by atoms with Crippen LogP contribution < -0.4 is 5.32 Å². The smallest absolute Gasteiger partial charge is 0.258 e. The number of hydrogen-bond acceptors (Lipinski definition) is 6. The molecule has 2 aromatic rings. The molecule has 0 radical (unpaired) electrons. The summed E-state index contributed by atoms with van der Waals surface area (Å²) >= 11 is 1.60. The summed E-state index contributed by atoms with van der Waals surface area (Å²) in [5, 5.41) is 11.2. The summed E-state index contributed by atoms with van der Waals surface area (Å²) in [7, 11) is 0. The van der Waals surface area contributed by atoms with E-state index in [4.69, 9.17) is 4.52 Å². The zero-order chi connectivity index (χ0) is 14.9. The number of hydrogen-bond donors (Lipinski definition) is 1. The van der Waals surface area contributed by atoms with Gasteiger partial charge in [-0.1, -0.05) is 18.0 Å². The fraction of sp³-hybridized carbons (Fsp3) is 0.533. The Morgan fingerprint density at radius 2 is 2.32 bits per heavy atom. The van der Waals surface area contributed by atoms with Gasteiger partial charge in [-0.05, 0) is 24.3 Å². The predicted molar refractivity (Wildman–Crippen MR) is 82.2 cm³/mol. The van der Waals surface area contributed by atoms with Crippen molar-refractivity contribution in [3.05, 3.63) is 22.7 Å². The Labute approximate surface area is 132 Å². The van der Waals surface area contributed by atoms with Gasteiger partial charge in [-0.3, -0.25) is 9.69 Å². The van der Waals surface area contributed by atoms with E-state index >= 15 is 0 Å². The minimum absolute atomic E-state index is 0.102. The van der Waals surface area contributed by atoms with Gasteiger partial charge in [0, 0.05) is 17.5 Å². The molecular weight excluding hydrogens is 300 g/mol. The van der Waals surface area contributed by atoms with Crippen molar-refractivity contribution in [2.75, 3.05) is 6.54 Å². The van der Waals surface area contributed by atoms with E-state index in [0.29, 0.717) is 30.8 Å². The van der Waals surface area contributed by atoms with Crippen molar-refractivity contribution >= 4 is 17.2 Å². The lowest BCUT2D eigenvalue weighted by Crippen LogP contribution is -2.61. The third-order valence-electron chi connectivity index (χ3n) is 4.47. The molecule has 3 heterocycles.